The highest BCUT2D eigenvalue weighted by Gasteiger charge is 2.50. The first-order valence-corrected chi connectivity index (χ1v) is 11.1. The lowest BCUT2D eigenvalue weighted by Gasteiger charge is -2.13. The smallest absolute Gasteiger partial charge is 0.204 e. The largest absolute Gasteiger partial charge is 0.298 e. The molecule has 3 aromatic rings. The van der Waals surface area contributed by atoms with Gasteiger partial charge < -0.3 is 0 Å². The second kappa shape index (κ2) is 10.8. The number of aromatic nitrogens is 1. The predicted molar refractivity (Wildman–Crippen MR) is 121 cm³/mol. The van der Waals surface area contributed by atoms with E-state index in [2.05, 4.69) is 4.98 Å². The molecular weight excluding hydrogens is 378 g/mol. The molecule has 1 aliphatic carbocycles. The Bertz CT molecular complexity index is 912. The van der Waals surface area contributed by atoms with Gasteiger partial charge in [-0.15, -0.1) is 11.3 Å². The lowest BCUT2D eigenvalue weighted by Crippen LogP contribution is -2.22. The number of nitrogens with zero attached hydrogens (tertiary/aromatic N) is 1. The van der Waals surface area contributed by atoms with Crippen molar-refractivity contribution in [1.29, 1.82) is 0 Å². The fourth-order valence-electron chi connectivity index (χ4n) is 3.15. The number of carbonyl (C=O) groups is 2. The van der Waals surface area contributed by atoms with Crippen LogP contribution in [0.5, 0.6) is 0 Å². The Balaban J connectivity index is 0.000000707. The van der Waals surface area contributed by atoms with Gasteiger partial charge in [0.15, 0.2) is 0 Å². The molecule has 0 unspecified atom stereocenters. The van der Waals surface area contributed by atoms with Gasteiger partial charge in [0.1, 0.15) is 10.8 Å². The maximum atomic E-state index is 12.8. The first kappa shape index (κ1) is 22.7. The first-order valence-electron chi connectivity index (χ1n) is 10.3. The van der Waals surface area contributed by atoms with Crippen LogP contribution < -0.4 is 0 Å². The van der Waals surface area contributed by atoms with Gasteiger partial charge in [-0.05, 0) is 18.4 Å². The third-order valence-electron chi connectivity index (χ3n) is 4.74. The van der Waals surface area contributed by atoms with Gasteiger partial charge in [-0.2, -0.15) is 0 Å². The molecule has 1 saturated carbocycles. The number of benzene rings is 2. The molecule has 1 aromatic heterocycles. The van der Waals surface area contributed by atoms with E-state index in [-0.39, 0.29) is 17.0 Å². The van der Waals surface area contributed by atoms with Crippen LogP contribution in [0.4, 0.5) is 0 Å². The van der Waals surface area contributed by atoms with Gasteiger partial charge >= 0.3 is 0 Å². The van der Waals surface area contributed by atoms with Crippen molar-refractivity contribution in [2.75, 3.05) is 0 Å². The highest BCUT2D eigenvalue weighted by Crippen LogP contribution is 2.49. The van der Waals surface area contributed by atoms with E-state index in [1.807, 2.05) is 76.2 Å². The number of Topliss-reactive ketones (excluding diaryl/α,β-unsaturated/α-hetero) is 1. The molecule has 29 heavy (non-hydrogen) atoms. The summed E-state index contributed by atoms with van der Waals surface area (Å²) in [5, 5.41) is 0.714. The minimum absolute atomic E-state index is 0.0407. The normalized spacial score (nSPS) is 13.2. The fraction of sp³-hybridized carbons (Fsp3) is 0.320. The van der Waals surface area contributed by atoms with Crippen molar-refractivity contribution in [3.8, 4) is 0 Å². The average molecular weight is 408 g/mol. The number of ketones is 2. The molecule has 4 heteroatoms. The highest BCUT2D eigenvalue weighted by molar-refractivity contribution is 7.13. The highest BCUT2D eigenvalue weighted by atomic mass is 32.1. The number of carbonyl (C=O) groups excluding carboxylic acids is 2. The zero-order valence-corrected chi connectivity index (χ0v) is 18.5. The topological polar surface area (TPSA) is 47.0 Å². The van der Waals surface area contributed by atoms with E-state index in [9.17, 15) is 9.59 Å². The Kier molecular flexibility index (Phi) is 8.47. The summed E-state index contributed by atoms with van der Waals surface area (Å²) in [4.78, 5) is 30.2. The minimum Gasteiger partial charge on any atom is -0.298 e. The first-order chi connectivity index (χ1) is 14.2. The maximum absolute atomic E-state index is 12.8. The van der Waals surface area contributed by atoms with Crippen molar-refractivity contribution in [2.24, 2.45) is 0 Å². The van der Waals surface area contributed by atoms with Gasteiger partial charge in [0.25, 0.3) is 0 Å². The molecule has 0 N–H and O–H groups in total. The molecule has 0 bridgehead atoms. The van der Waals surface area contributed by atoms with Crippen LogP contribution >= 0.6 is 11.3 Å². The Labute approximate surface area is 177 Å². The molecule has 1 heterocycles. The van der Waals surface area contributed by atoms with Gasteiger partial charge in [-0.3, -0.25) is 9.59 Å². The summed E-state index contributed by atoms with van der Waals surface area (Å²) in [6.45, 7) is 8.00. The number of rotatable bonds is 6. The summed E-state index contributed by atoms with van der Waals surface area (Å²) in [6.07, 6.45) is 3.68. The fourth-order valence-corrected chi connectivity index (χ4v) is 4.02. The van der Waals surface area contributed by atoms with E-state index in [1.165, 1.54) is 11.3 Å². The molecular formula is C25H29NO2S. The van der Waals surface area contributed by atoms with Crippen LogP contribution in [0.2, 0.25) is 0 Å². The lowest BCUT2D eigenvalue weighted by atomic mass is 9.90. The zero-order valence-electron chi connectivity index (χ0n) is 17.6. The summed E-state index contributed by atoms with van der Waals surface area (Å²) >= 11 is 1.32. The predicted octanol–water partition coefficient (Wildman–Crippen LogP) is 6.27. The van der Waals surface area contributed by atoms with Crippen molar-refractivity contribution >= 4 is 22.9 Å². The van der Waals surface area contributed by atoms with Crippen molar-refractivity contribution in [2.45, 2.75) is 52.4 Å². The SMILES string of the molecule is CC.CC.O=C(c1ccccc1)c1cnc(CC(=O)C2(c3ccccc3)CC2)s1. The number of hydrogen-bond acceptors (Lipinski definition) is 4. The van der Waals surface area contributed by atoms with Gasteiger partial charge in [0.05, 0.1) is 16.7 Å². The monoisotopic (exact) mass is 407 g/mol. The molecule has 0 radical (unpaired) electrons. The molecule has 3 nitrogen and oxygen atoms in total. The van der Waals surface area contributed by atoms with Crippen molar-refractivity contribution in [3.05, 3.63) is 87.9 Å². The Morgan fingerprint density at radius 1 is 0.897 bits per heavy atom. The van der Waals surface area contributed by atoms with Crippen LogP contribution in [-0.2, 0) is 16.6 Å². The standard InChI is InChI=1S/C21H17NO2S.2C2H6/c23-18(21(11-12-21)16-9-5-2-6-10-16)13-19-22-14-17(25-19)20(24)15-7-3-1-4-8-15;2*1-2/h1-10,14H,11-13H2;2*1-2H3. The second-order valence-electron chi connectivity index (χ2n) is 6.36. The summed E-state index contributed by atoms with van der Waals surface area (Å²) in [7, 11) is 0. The Morgan fingerprint density at radius 3 is 2.00 bits per heavy atom. The van der Waals surface area contributed by atoms with Crippen LogP contribution in [0, 0.1) is 0 Å². The minimum atomic E-state index is -0.337. The van der Waals surface area contributed by atoms with Crippen LogP contribution in [0.3, 0.4) is 0 Å². The van der Waals surface area contributed by atoms with E-state index in [1.54, 1.807) is 18.3 Å². The quantitative estimate of drug-likeness (QED) is 0.452. The second-order valence-corrected chi connectivity index (χ2v) is 7.48. The summed E-state index contributed by atoms with van der Waals surface area (Å²) in [5.74, 6) is 0.160. The number of thiazole rings is 1. The molecule has 0 amide bonds. The Morgan fingerprint density at radius 2 is 1.45 bits per heavy atom. The Hall–Kier alpha value is -2.59. The summed E-state index contributed by atoms with van der Waals surface area (Å²) < 4.78 is 0. The van der Waals surface area contributed by atoms with E-state index in [0.717, 1.165) is 18.4 Å². The molecule has 2 aromatic carbocycles. The third-order valence-corrected chi connectivity index (χ3v) is 5.73. The average Bonchev–Trinajstić information content (AvgIpc) is 3.50. The molecule has 152 valence electrons. The number of hydrogen-bond donors (Lipinski definition) is 0. The van der Waals surface area contributed by atoms with E-state index < -0.39 is 0 Å². The van der Waals surface area contributed by atoms with Gasteiger partial charge in [-0.25, -0.2) is 4.98 Å². The van der Waals surface area contributed by atoms with Crippen LogP contribution in [0.1, 0.15) is 66.3 Å². The van der Waals surface area contributed by atoms with Crippen molar-refractivity contribution in [3.63, 3.8) is 0 Å². The van der Waals surface area contributed by atoms with Gasteiger partial charge in [0, 0.05) is 11.8 Å². The maximum Gasteiger partial charge on any atom is 0.204 e. The zero-order chi connectivity index (χ0) is 21.3. The van der Waals surface area contributed by atoms with Gasteiger partial charge in [0.2, 0.25) is 5.78 Å². The molecule has 0 aliphatic heterocycles. The molecule has 0 spiro atoms. The molecule has 0 saturated heterocycles. The van der Waals surface area contributed by atoms with E-state index >= 15 is 0 Å². The lowest BCUT2D eigenvalue weighted by molar-refractivity contribution is -0.120. The molecule has 4 rings (SSSR count). The van der Waals surface area contributed by atoms with Crippen molar-refractivity contribution in [1.82, 2.24) is 4.98 Å². The van der Waals surface area contributed by atoms with Gasteiger partial charge in [-0.1, -0.05) is 88.4 Å². The third kappa shape index (κ3) is 5.27. The van der Waals surface area contributed by atoms with E-state index in [0.29, 0.717) is 21.9 Å². The van der Waals surface area contributed by atoms with Crippen molar-refractivity contribution < 1.29 is 9.59 Å². The summed E-state index contributed by atoms with van der Waals surface area (Å²) in [6, 6.07) is 19.1. The van der Waals surface area contributed by atoms with Crippen LogP contribution in [0.15, 0.2) is 66.9 Å². The summed E-state index contributed by atoms with van der Waals surface area (Å²) in [5.41, 5.74) is 1.40. The molecule has 0 atom stereocenters. The van der Waals surface area contributed by atoms with Crippen LogP contribution in [0.25, 0.3) is 0 Å². The molecule has 1 aliphatic rings. The van der Waals surface area contributed by atoms with Crippen LogP contribution in [-0.4, -0.2) is 16.6 Å². The molecule has 1 fully saturated rings. The van der Waals surface area contributed by atoms with E-state index in [4.69, 9.17) is 0 Å².